The van der Waals surface area contributed by atoms with Gasteiger partial charge in [0, 0.05) is 63.0 Å². The molecule has 6 rings (SSSR count). The number of rotatable bonds is 13. The molecule has 2 aromatic heterocycles. The van der Waals surface area contributed by atoms with Crippen LogP contribution in [0.2, 0.25) is 0 Å². The lowest BCUT2D eigenvalue weighted by molar-refractivity contribution is -0.147. The molecule has 3 aliphatic heterocycles. The zero-order chi connectivity index (χ0) is 39.7. The van der Waals surface area contributed by atoms with Gasteiger partial charge in [0.2, 0.25) is 0 Å². The van der Waals surface area contributed by atoms with Gasteiger partial charge < -0.3 is 35.2 Å². The molecule has 9 nitrogen and oxygen atoms in total. The third-order valence-corrected chi connectivity index (χ3v) is 13.3. The van der Waals surface area contributed by atoms with Crippen molar-refractivity contribution in [3.63, 3.8) is 0 Å². The Bertz CT molecular complexity index is 2060. The van der Waals surface area contributed by atoms with Crippen molar-refractivity contribution < 1.29 is 24.2 Å². The van der Waals surface area contributed by atoms with Crippen molar-refractivity contribution in [2.24, 2.45) is 29.6 Å². The van der Waals surface area contributed by atoms with Gasteiger partial charge in [0.15, 0.2) is 0 Å². The molecule has 0 spiro atoms. The molecule has 2 aromatic rings. The van der Waals surface area contributed by atoms with Gasteiger partial charge in [0.05, 0.1) is 19.3 Å². The van der Waals surface area contributed by atoms with Crippen molar-refractivity contribution in [3.05, 3.63) is 84.7 Å². The quantitative estimate of drug-likeness (QED) is 0.108. The van der Waals surface area contributed by atoms with Crippen LogP contribution in [-0.4, -0.2) is 46.8 Å². The summed E-state index contributed by atoms with van der Waals surface area (Å²) in [5.41, 5.74) is 12.8. The van der Waals surface area contributed by atoms with Crippen molar-refractivity contribution in [1.82, 2.24) is 20.6 Å². The molecule has 0 saturated carbocycles. The molecule has 7 atom stereocenters. The van der Waals surface area contributed by atoms with Crippen LogP contribution >= 0.6 is 0 Å². The summed E-state index contributed by atoms with van der Waals surface area (Å²) in [4.78, 5) is 34.3. The fraction of sp³-hybridized carbons (Fsp3) is 0.565. The van der Waals surface area contributed by atoms with Gasteiger partial charge in [0.25, 0.3) is 0 Å². The number of ether oxygens (including phenoxy) is 2. The number of hydrogen-bond acceptors (Lipinski definition) is 7. The number of hydrogen-bond donors (Lipinski definition) is 5. The van der Waals surface area contributed by atoms with Gasteiger partial charge in [0.1, 0.15) is 12.5 Å². The second-order valence-corrected chi connectivity index (χ2v) is 16.5. The normalized spacial score (nSPS) is 27.4. The van der Waals surface area contributed by atoms with Crippen LogP contribution in [0.15, 0.2) is 40.4 Å². The average Bonchev–Trinajstić information content (AvgIpc) is 3.90. The summed E-state index contributed by atoms with van der Waals surface area (Å²) in [6, 6.07) is -0.342. The van der Waals surface area contributed by atoms with Gasteiger partial charge in [-0.15, -0.1) is 0 Å². The molecule has 8 bridgehead atoms. The van der Waals surface area contributed by atoms with E-state index in [0.717, 1.165) is 81.8 Å². The number of nitrogens with one attached hydrogen (secondary N) is 4. The van der Waals surface area contributed by atoms with Gasteiger partial charge in [-0.05, 0) is 124 Å². The Morgan fingerprint density at radius 3 is 2.45 bits per heavy atom. The Balaban J connectivity index is 1.41. The van der Waals surface area contributed by atoms with E-state index in [1.165, 1.54) is 47.9 Å². The molecular formula is C46H64N4O5. The number of aromatic nitrogens is 2. The number of methoxy groups -OCH3 is 1. The minimum atomic E-state index is -1.07. The maximum atomic E-state index is 13.6. The van der Waals surface area contributed by atoms with Crippen LogP contribution in [0, 0.1) is 43.4 Å². The maximum absolute atomic E-state index is 13.6. The maximum Gasteiger partial charge on any atom is 0.315 e. The number of carbonyl (C=O) groups excluding carboxylic acids is 2. The monoisotopic (exact) mass is 752 g/mol. The van der Waals surface area contributed by atoms with Crippen molar-refractivity contribution >= 4 is 29.7 Å². The largest absolute Gasteiger partial charge is 0.468 e. The van der Waals surface area contributed by atoms with E-state index < -0.39 is 18.0 Å². The Labute approximate surface area is 327 Å². The molecular weight excluding hydrogens is 689 g/mol. The number of carbonyl (C=O) groups is 2. The number of H-pyrrole nitrogens is 2. The lowest BCUT2D eigenvalue weighted by Gasteiger charge is -2.27. The van der Waals surface area contributed by atoms with E-state index in [0.29, 0.717) is 6.42 Å². The van der Waals surface area contributed by atoms with Crippen LogP contribution in [0.1, 0.15) is 133 Å². The zero-order valence-corrected chi connectivity index (χ0v) is 34.8. The Morgan fingerprint density at radius 1 is 1.00 bits per heavy atom. The zero-order valence-electron chi connectivity index (χ0n) is 34.8. The van der Waals surface area contributed by atoms with Gasteiger partial charge in [-0.25, -0.2) is 0 Å². The number of allylic oxidation sites excluding steroid dienone is 4. The molecule has 5 heterocycles. The highest BCUT2D eigenvalue weighted by Gasteiger charge is 2.49. The summed E-state index contributed by atoms with van der Waals surface area (Å²) in [5, 5.41) is 21.3. The number of esters is 2. The number of aliphatic hydroxyl groups is 1. The first-order valence-corrected chi connectivity index (χ1v) is 20.7. The first-order chi connectivity index (χ1) is 26.3. The van der Waals surface area contributed by atoms with Gasteiger partial charge in [-0.3, -0.25) is 9.59 Å². The predicted molar refractivity (Wildman–Crippen MR) is 220 cm³/mol. The Hall–Kier alpha value is -4.24. The summed E-state index contributed by atoms with van der Waals surface area (Å²) < 4.78 is 11.1. The second kappa shape index (κ2) is 16.9. The standard InChI is InChI=1S/C46H64N4O5/c1-11-24(4)15-14-16-25(5)19-20-55-39(51)18-17-32-28(8)35-21-33-26(6)30(12-2)37(47-33)22-34-27(7)31(13-3)38(48-34)23-36-29(9)40-44(50-36)41(43(32)49-35)42(45(40)52)46(53)54-10/h19,21-24,28,30,32,42-43,45,47-50,52H,11-18,20H2,1-10H3/b25-19-,35-21-,36-23-,37-22-/t24-,28-,30+,32-,42+,43?,45+/m0/s1. The highest BCUT2D eigenvalue weighted by molar-refractivity contribution is 5.88. The van der Waals surface area contributed by atoms with Gasteiger partial charge in [-0.2, -0.15) is 0 Å². The fourth-order valence-electron chi connectivity index (χ4n) is 9.53. The summed E-state index contributed by atoms with van der Waals surface area (Å²) in [5.74, 6) is -0.668. The van der Waals surface area contributed by atoms with E-state index in [1.54, 1.807) is 0 Å². The topological polar surface area (TPSA) is 128 Å². The first-order valence-electron chi connectivity index (χ1n) is 20.7. The lowest BCUT2D eigenvalue weighted by Crippen LogP contribution is -2.37. The molecule has 1 unspecified atom stereocenters. The molecule has 5 N–H and O–H groups in total. The van der Waals surface area contributed by atoms with Crippen molar-refractivity contribution in [2.75, 3.05) is 13.7 Å². The molecule has 9 heteroatoms. The van der Waals surface area contributed by atoms with Crippen LogP contribution in [0.25, 0.3) is 17.7 Å². The molecule has 298 valence electrons. The van der Waals surface area contributed by atoms with Crippen LogP contribution in [0.5, 0.6) is 0 Å². The van der Waals surface area contributed by atoms with E-state index in [9.17, 15) is 14.7 Å². The van der Waals surface area contributed by atoms with E-state index in [2.05, 4.69) is 94.2 Å². The van der Waals surface area contributed by atoms with E-state index in [1.807, 2.05) is 13.0 Å². The second-order valence-electron chi connectivity index (χ2n) is 16.5. The van der Waals surface area contributed by atoms with Gasteiger partial charge >= 0.3 is 11.9 Å². The predicted octanol–water partition coefficient (Wildman–Crippen LogP) is 7.19. The molecule has 1 fully saturated rings. The third kappa shape index (κ3) is 7.78. The van der Waals surface area contributed by atoms with Crippen molar-refractivity contribution in [3.8, 4) is 0 Å². The third-order valence-electron chi connectivity index (χ3n) is 13.3. The molecule has 0 aromatic carbocycles. The molecule has 4 aliphatic rings. The highest BCUT2D eigenvalue weighted by Crippen LogP contribution is 2.45. The molecule has 0 radical (unpaired) electrons. The van der Waals surface area contributed by atoms with Crippen LogP contribution in [0.3, 0.4) is 0 Å². The fourth-order valence-corrected chi connectivity index (χ4v) is 9.53. The first kappa shape index (κ1) is 40.4. The summed E-state index contributed by atoms with van der Waals surface area (Å²) in [6.45, 7) is 19.9. The van der Waals surface area contributed by atoms with E-state index in [-0.39, 0.29) is 42.8 Å². The van der Waals surface area contributed by atoms with Crippen LogP contribution in [-0.2, 0) is 25.5 Å². The minimum Gasteiger partial charge on any atom is -0.468 e. The lowest BCUT2D eigenvalue weighted by atomic mass is 9.80. The van der Waals surface area contributed by atoms with E-state index in [4.69, 9.17) is 9.47 Å². The van der Waals surface area contributed by atoms with Crippen molar-refractivity contribution in [2.45, 2.75) is 126 Å². The molecule has 0 amide bonds. The van der Waals surface area contributed by atoms with Crippen LogP contribution in [0.4, 0.5) is 0 Å². The highest BCUT2D eigenvalue weighted by atomic mass is 16.5. The summed E-state index contributed by atoms with van der Waals surface area (Å²) >= 11 is 0. The molecule has 1 saturated heterocycles. The smallest absolute Gasteiger partial charge is 0.315 e. The average molecular weight is 753 g/mol. The number of aromatic amines is 2. The van der Waals surface area contributed by atoms with E-state index >= 15 is 0 Å². The summed E-state index contributed by atoms with van der Waals surface area (Å²) in [6.07, 6.45) is 14.8. The Kier molecular flexibility index (Phi) is 12.4. The molecule has 1 aliphatic carbocycles. The molecule has 55 heavy (non-hydrogen) atoms. The minimum absolute atomic E-state index is 0.0188. The Morgan fingerprint density at radius 2 is 1.76 bits per heavy atom. The number of aliphatic hydroxyl groups excluding tert-OH is 1. The number of fused-ring (bicyclic) bond motifs is 8. The van der Waals surface area contributed by atoms with Crippen molar-refractivity contribution in [1.29, 1.82) is 0 Å². The summed E-state index contributed by atoms with van der Waals surface area (Å²) in [7, 11) is 1.38. The van der Waals surface area contributed by atoms with Crippen LogP contribution < -0.4 is 21.3 Å². The van der Waals surface area contributed by atoms with Gasteiger partial charge in [-0.1, -0.05) is 53.0 Å². The SMILES string of the molecule is CCc1c2[nH]c(c1C)/C=C1\NC(=C(C)[C@H]1CC)/C=C1\NC(C3=c4[nH]/c(c(C)c4[C@@H](O)[C@@H]3C(=O)OC)=C\2)[C@@H](CCC(=O)OC/C=C(/C)CCC[C@@H](C)CC)[C@@H]1C.